The Balaban J connectivity index is 1.41. The number of sulfonamides is 2. The van der Waals surface area contributed by atoms with Gasteiger partial charge in [-0.2, -0.15) is 25.6 Å². The van der Waals surface area contributed by atoms with Gasteiger partial charge in [-0.3, -0.25) is 0 Å². The van der Waals surface area contributed by atoms with Crippen LogP contribution in [0.25, 0.3) is 21.5 Å². The lowest BCUT2D eigenvalue weighted by atomic mass is 9.94. The summed E-state index contributed by atoms with van der Waals surface area (Å²) in [5.74, 6) is 0. The summed E-state index contributed by atoms with van der Waals surface area (Å²) in [4.78, 5) is 0.154. The monoisotopic (exact) mass is 536 g/mol. The molecule has 0 N–H and O–H groups in total. The molecule has 0 spiro atoms. The number of benzene rings is 5. The Morgan fingerprint density at radius 2 is 0.789 bits per heavy atom. The topological polar surface area (TPSA) is 93.0 Å². The van der Waals surface area contributed by atoms with E-state index in [0.29, 0.717) is 11.1 Å². The Kier molecular flexibility index (Phi) is 5.78. The Morgan fingerprint density at radius 1 is 0.421 bits per heavy atom. The van der Waals surface area contributed by atoms with E-state index < -0.39 is 20.0 Å². The summed E-state index contributed by atoms with van der Waals surface area (Å²) >= 11 is 0. The maximum absolute atomic E-state index is 13.2. The molecule has 0 aromatic heterocycles. The fraction of sp³-hybridized carbons (Fsp3) is 0. The van der Waals surface area contributed by atoms with Gasteiger partial charge in [-0.05, 0) is 58.0 Å². The molecule has 6 rings (SSSR count). The number of allylic oxidation sites excluding steroid dienone is 2. The van der Waals surface area contributed by atoms with E-state index in [1.54, 1.807) is 48.5 Å². The van der Waals surface area contributed by atoms with E-state index in [1.165, 1.54) is 24.3 Å². The van der Waals surface area contributed by atoms with Crippen molar-refractivity contribution >= 4 is 53.0 Å². The first kappa shape index (κ1) is 24.0. The second-order valence-electron chi connectivity index (χ2n) is 8.80. The van der Waals surface area contributed by atoms with Crippen molar-refractivity contribution in [3.8, 4) is 0 Å². The number of hydrogen-bond acceptors (Lipinski definition) is 4. The van der Waals surface area contributed by atoms with Gasteiger partial charge in [0.25, 0.3) is 20.0 Å². The number of hydrogen-bond donors (Lipinski definition) is 0. The van der Waals surface area contributed by atoms with E-state index in [4.69, 9.17) is 0 Å². The van der Waals surface area contributed by atoms with Crippen molar-refractivity contribution in [1.82, 2.24) is 0 Å². The molecule has 0 saturated heterocycles. The van der Waals surface area contributed by atoms with E-state index in [1.807, 2.05) is 48.5 Å². The second kappa shape index (κ2) is 9.16. The second-order valence-corrected chi connectivity index (χ2v) is 12.0. The first-order valence-electron chi connectivity index (χ1n) is 11.8. The minimum atomic E-state index is -4.03. The van der Waals surface area contributed by atoms with E-state index in [-0.39, 0.29) is 21.2 Å². The highest BCUT2D eigenvalue weighted by molar-refractivity contribution is 7.90. The lowest BCUT2D eigenvalue weighted by molar-refractivity contribution is 0.596. The van der Waals surface area contributed by atoms with E-state index in [9.17, 15) is 16.8 Å². The molecule has 0 atom stereocenters. The average molecular weight is 537 g/mol. The van der Waals surface area contributed by atoms with Gasteiger partial charge >= 0.3 is 0 Å². The van der Waals surface area contributed by atoms with Gasteiger partial charge in [-0.1, -0.05) is 84.9 Å². The van der Waals surface area contributed by atoms with Gasteiger partial charge in [0.15, 0.2) is 0 Å². The molecule has 0 radical (unpaired) electrons. The van der Waals surface area contributed by atoms with Crippen LogP contribution in [0.1, 0.15) is 11.1 Å². The maximum Gasteiger partial charge on any atom is 0.282 e. The standard InChI is InChI=1S/C30H20N2O4S2/c33-37(34,25-15-13-21-7-1-3-9-23(21)19-25)31-29-17-18-30(28-12-6-5-11-27(28)29)32-38(35,36)26-16-14-22-8-2-4-10-24(22)20-26/h1-20H. The number of rotatable bonds is 4. The van der Waals surface area contributed by atoms with Crippen LogP contribution < -0.4 is 0 Å². The van der Waals surface area contributed by atoms with Crippen LogP contribution in [-0.2, 0) is 20.0 Å². The molecule has 8 heteroatoms. The molecule has 38 heavy (non-hydrogen) atoms. The Labute approximate surface area is 220 Å². The lowest BCUT2D eigenvalue weighted by Gasteiger charge is -2.15. The van der Waals surface area contributed by atoms with Crippen LogP contribution >= 0.6 is 0 Å². The minimum Gasteiger partial charge on any atom is -0.199 e. The summed E-state index contributed by atoms with van der Waals surface area (Å²) < 4.78 is 61.0. The zero-order valence-corrected chi connectivity index (χ0v) is 21.5. The predicted octanol–water partition coefficient (Wildman–Crippen LogP) is 5.92. The molecule has 5 aromatic rings. The van der Waals surface area contributed by atoms with Crippen LogP contribution in [0, 0.1) is 0 Å². The largest absolute Gasteiger partial charge is 0.282 e. The Morgan fingerprint density at radius 3 is 1.21 bits per heavy atom. The highest BCUT2D eigenvalue weighted by atomic mass is 32.2. The molecule has 0 fully saturated rings. The molecule has 0 unspecified atom stereocenters. The summed E-state index contributed by atoms with van der Waals surface area (Å²) in [5, 5.41) is 3.44. The molecule has 0 bridgehead atoms. The van der Waals surface area contributed by atoms with Crippen molar-refractivity contribution in [2.45, 2.75) is 9.79 Å². The summed E-state index contributed by atoms with van der Waals surface area (Å²) in [5.41, 5.74) is 1.37. The SMILES string of the molecule is O=S(=O)(N=C1C=CC(=NS(=O)(=O)c2ccc3ccccc3c2)c2ccccc21)c1ccc2ccccc2c1. The molecular weight excluding hydrogens is 516 g/mol. The summed E-state index contributed by atoms with van der Waals surface area (Å²) in [7, 11) is -8.06. The number of nitrogens with zero attached hydrogens (tertiary/aromatic N) is 2. The average Bonchev–Trinajstić information content (AvgIpc) is 2.93. The predicted molar refractivity (Wildman–Crippen MR) is 151 cm³/mol. The molecule has 1 aliphatic rings. The van der Waals surface area contributed by atoms with Crippen LogP contribution in [0.15, 0.2) is 140 Å². The minimum absolute atomic E-state index is 0.0768. The van der Waals surface area contributed by atoms with Gasteiger partial charge in [0, 0.05) is 11.1 Å². The van der Waals surface area contributed by atoms with Crippen molar-refractivity contribution < 1.29 is 16.8 Å². The summed E-state index contributed by atoms with van der Waals surface area (Å²) in [6.07, 6.45) is 2.96. The zero-order valence-electron chi connectivity index (χ0n) is 19.9. The van der Waals surface area contributed by atoms with Gasteiger partial charge in [-0.15, -0.1) is 0 Å². The molecular formula is C30H20N2O4S2. The van der Waals surface area contributed by atoms with Crippen LogP contribution in [0.4, 0.5) is 0 Å². The smallest absolute Gasteiger partial charge is 0.199 e. The molecule has 0 heterocycles. The van der Waals surface area contributed by atoms with E-state index >= 15 is 0 Å². The van der Waals surface area contributed by atoms with Gasteiger partial charge in [0.1, 0.15) is 0 Å². The van der Waals surface area contributed by atoms with Gasteiger partial charge < -0.3 is 0 Å². The zero-order chi connectivity index (χ0) is 26.3. The first-order valence-corrected chi connectivity index (χ1v) is 14.6. The third kappa shape index (κ3) is 4.44. The first-order chi connectivity index (χ1) is 18.3. The maximum atomic E-state index is 13.2. The summed E-state index contributed by atoms with van der Waals surface area (Å²) in [6, 6.07) is 31.6. The normalized spacial score (nSPS) is 15.8. The van der Waals surface area contributed by atoms with Crippen LogP contribution in [0.5, 0.6) is 0 Å². The number of fused-ring (bicyclic) bond motifs is 3. The van der Waals surface area contributed by atoms with E-state index in [2.05, 4.69) is 8.80 Å². The van der Waals surface area contributed by atoms with Crippen LogP contribution in [-0.4, -0.2) is 28.3 Å². The third-order valence-corrected chi connectivity index (χ3v) is 8.93. The fourth-order valence-electron chi connectivity index (χ4n) is 4.45. The van der Waals surface area contributed by atoms with Crippen LogP contribution in [0.2, 0.25) is 0 Å². The fourth-order valence-corrected chi connectivity index (χ4v) is 6.53. The quantitative estimate of drug-likeness (QED) is 0.285. The Hall–Kier alpha value is -4.40. The molecule has 5 aromatic carbocycles. The third-order valence-electron chi connectivity index (χ3n) is 6.35. The van der Waals surface area contributed by atoms with Gasteiger partial charge in [0.2, 0.25) is 0 Å². The molecule has 6 nitrogen and oxygen atoms in total. The van der Waals surface area contributed by atoms with Crippen molar-refractivity contribution in [3.63, 3.8) is 0 Å². The molecule has 1 aliphatic carbocycles. The molecule has 0 amide bonds. The van der Waals surface area contributed by atoms with Crippen LogP contribution in [0.3, 0.4) is 0 Å². The molecule has 186 valence electrons. The highest BCUT2D eigenvalue weighted by Gasteiger charge is 2.23. The highest BCUT2D eigenvalue weighted by Crippen LogP contribution is 2.26. The van der Waals surface area contributed by atoms with Crippen molar-refractivity contribution in [1.29, 1.82) is 0 Å². The molecule has 0 aliphatic heterocycles. The summed E-state index contributed by atoms with van der Waals surface area (Å²) in [6.45, 7) is 0. The van der Waals surface area contributed by atoms with Crippen molar-refractivity contribution in [2.75, 3.05) is 0 Å². The van der Waals surface area contributed by atoms with Gasteiger partial charge in [0.05, 0.1) is 21.2 Å². The van der Waals surface area contributed by atoms with Crippen molar-refractivity contribution in [2.24, 2.45) is 8.80 Å². The Bertz CT molecular complexity index is 1910. The molecule has 0 saturated carbocycles. The van der Waals surface area contributed by atoms with Crippen molar-refractivity contribution in [3.05, 3.63) is 132 Å². The van der Waals surface area contributed by atoms with E-state index in [0.717, 1.165) is 21.5 Å². The lowest BCUT2D eigenvalue weighted by Crippen LogP contribution is -2.16. The van der Waals surface area contributed by atoms with Gasteiger partial charge in [-0.25, -0.2) is 0 Å².